The fourth-order valence-electron chi connectivity index (χ4n) is 2.51. The van der Waals surface area contributed by atoms with Crippen LogP contribution in [0.4, 0.5) is 11.4 Å². The van der Waals surface area contributed by atoms with Crippen LogP contribution in [0.5, 0.6) is 0 Å². The maximum Gasteiger partial charge on any atom is 0.293 e. The number of anilines is 1. The molecule has 1 aromatic rings. The highest BCUT2D eigenvalue weighted by molar-refractivity contribution is 9.10. The van der Waals surface area contributed by atoms with E-state index >= 15 is 0 Å². The van der Waals surface area contributed by atoms with Crippen molar-refractivity contribution in [1.82, 2.24) is 0 Å². The number of ether oxygens (including phenoxy) is 1. The maximum atomic E-state index is 11.2. The summed E-state index contributed by atoms with van der Waals surface area (Å²) in [6.45, 7) is 4.24. The van der Waals surface area contributed by atoms with Crippen molar-refractivity contribution < 1.29 is 9.66 Å². The van der Waals surface area contributed by atoms with E-state index in [0.717, 1.165) is 37.1 Å². The first-order chi connectivity index (χ1) is 9.13. The SMILES string of the molecule is CCN(c1ccc(Br)cc1[N+](=O)[O-])C1CCOCC1. The van der Waals surface area contributed by atoms with Gasteiger partial charge in [0.15, 0.2) is 0 Å². The molecule has 104 valence electrons. The summed E-state index contributed by atoms with van der Waals surface area (Å²) in [4.78, 5) is 13.0. The van der Waals surface area contributed by atoms with Crippen LogP contribution in [0.15, 0.2) is 22.7 Å². The van der Waals surface area contributed by atoms with Crippen molar-refractivity contribution >= 4 is 27.3 Å². The molecule has 0 aliphatic carbocycles. The molecule has 0 N–H and O–H groups in total. The lowest BCUT2D eigenvalue weighted by Gasteiger charge is -2.34. The summed E-state index contributed by atoms with van der Waals surface area (Å²) in [6.07, 6.45) is 1.84. The van der Waals surface area contributed by atoms with Crippen LogP contribution < -0.4 is 4.90 Å². The zero-order chi connectivity index (χ0) is 13.8. The van der Waals surface area contributed by atoms with Gasteiger partial charge in [-0.3, -0.25) is 10.1 Å². The second-order valence-electron chi connectivity index (χ2n) is 4.52. The second-order valence-corrected chi connectivity index (χ2v) is 5.44. The average molecular weight is 329 g/mol. The third kappa shape index (κ3) is 3.25. The first-order valence-corrected chi connectivity index (χ1v) is 7.21. The predicted octanol–water partition coefficient (Wildman–Crippen LogP) is 3.36. The van der Waals surface area contributed by atoms with Crippen LogP contribution in [0.1, 0.15) is 19.8 Å². The highest BCUT2D eigenvalue weighted by Gasteiger charge is 2.26. The molecule has 6 heteroatoms. The smallest absolute Gasteiger partial charge is 0.293 e. The largest absolute Gasteiger partial charge is 0.381 e. The molecule has 0 spiro atoms. The lowest BCUT2D eigenvalue weighted by atomic mass is 10.1. The van der Waals surface area contributed by atoms with E-state index in [9.17, 15) is 10.1 Å². The van der Waals surface area contributed by atoms with Gasteiger partial charge in [-0.25, -0.2) is 0 Å². The van der Waals surface area contributed by atoms with Gasteiger partial charge in [-0.1, -0.05) is 15.9 Å². The van der Waals surface area contributed by atoms with Crippen LogP contribution in [0.25, 0.3) is 0 Å². The standard InChI is InChI=1S/C13H17BrN2O3/c1-2-15(11-5-7-19-8-6-11)12-4-3-10(14)9-13(12)16(17)18/h3-4,9,11H,2,5-8H2,1H3. The number of halogens is 1. The quantitative estimate of drug-likeness (QED) is 0.628. The van der Waals surface area contributed by atoms with E-state index in [1.54, 1.807) is 6.07 Å². The topological polar surface area (TPSA) is 55.6 Å². The first-order valence-electron chi connectivity index (χ1n) is 6.41. The highest BCUT2D eigenvalue weighted by atomic mass is 79.9. The van der Waals surface area contributed by atoms with Gasteiger partial charge in [-0.05, 0) is 31.9 Å². The van der Waals surface area contributed by atoms with Gasteiger partial charge in [0.1, 0.15) is 5.69 Å². The Kier molecular flexibility index (Phi) is 4.76. The van der Waals surface area contributed by atoms with E-state index in [-0.39, 0.29) is 10.6 Å². The van der Waals surface area contributed by atoms with E-state index < -0.39 is 0 Å². The lowest BCUT2D eigenvalue weighted by Crippen LogP contribution is -2.39. The van der Waals surface area contributed by atoms with Gasteiger partial charge in [0.05, 0.1) is 4.92 Å². The molecule has 19 heavy (non-hydrogen) atoms. The molecular formula is C13H17BrN2O3. The van der Waals surface area contributed by atoms with Gasteiger partial charge in [0.2, 0.25) is 0 Å². The molecule has 0 atom stereocenters. The molecule has 0 aromatic heterocycles. The van der Waals surface area contributed by atoms with Crippen LogP contribution in [0, 0.1) is 10.1 Å². The van der Waals surface area contributed by atoms with Crippen molar-refractivity contribution in [3.8, 4) is 0 Å². The van der Waals surface area contributed by atoms with Gasteiger partial charge < -0.3 is 9.64 Å². The molecule has 0 radical (unpaired) electrons. The van der Waals surface area contributed by atoms with E-state index in [4.69, 9.17) is 4.74 Å². The normalized spacial score (nSPS) is 16.3. The maximum absolute atomic E-state index is 11.2. The molecule has 1 saturated heterocycles. The number of rotatable bonds is 4. The molecule has 0 saturated carbocycles. The van der Waals surface area contributed by atoms with Crippen LogP contribution in [-0.2, 0) is 4.74 Å². The molecule has 1 aliphatic rings. The number of nitro benzene ring substituents is 1. The van der Waals surface area contributed by atoms with Crippen molar-refractivity contribution in [2.45, 2.75) is 25.8 Å². The van der Waals surface area contributed by atoms with Gasteiger partial charge in [-0.2, -0.15) is 0 Å². The third-order valence-corrected chi connectivity index (χ3v) is 3.91. The Bertz CT molecular complexity index is 461. The minimum Gasteiger partial charge on any atom is -0.381 e. The Labute approximate surface area is 120 Å². The van der Waals surface area contributed by atoms with Crippen molar-refractivity contribution in [3.63, 3.8) is 0 Å². The molecule has 0 amide bonds. The lowest BCUT2D eigenvalue weighted by molar-refractivity contribution is -0.384. The summed E-state index contributed by atoms with van der Waals surface area (Å²) in [5, 5.41) is 11.2. The van der Waals surface area contributed by atoms with Crippen molar-refractivity contribution in [2.75, 3.05) is 24.7 Å². The molecule has 1 aliphatic heterocycles. The monoisotopic (exact) mass is 328 g/mol. The van der Waals surface area contributed by atoms with E-state index in [1.165, 1.54) is 0 Å². The minimum atomic E-state index is -0.317. The Balaban J connectivity index is 2.34. The number of nitro groups is 1. The van der Waals surface area contributed by atoms with E-state index in [0.29, 0.717) is 11.7 Å². The van der Waals surface area contributed by atoms with Crippen LogP contribution in [0.2, 0.25) is 0 Å². The molecule has 1 fully saturated rings. The number of hydrogen-bond donors (Lipinski definition) is 0. The van der Waals surface area contributed by atoms with Crippen LogP contribution in [-0.4, -0.2) is 30.7 Å². The van der Waals surface area contributed by atoms with Gasteiger partial charge in [-0.15, -0.1) is 0 Å². The van der Waals surface area contributed by atoms with Gasteiger partial charge in [0, 0.05) is 36.3 Å². The fourth-order valence-corrected chi connectivity index (χ4v) is 2.86. The zero-order valence-corrected chi connectivity index (χ0v) is 12.4. The summed E-state index contributed by atoms with van der Waals surface area (Å²) in [6, 6.07) is 5.56. The second kappa shape index (κ2) is 6.34. The molecule has 2 rings (SSSR count). The Morgan fingerprint density at radius 3 is 2.74 bits per heavy atom. The zero-order valence-electron chi connectivity index (χ0n) is 10.8. The summed E-state index contributed by atoms with van der Waals surface area (Å²) < 4.78 is 6.09. The third-order valence-electron chi connectivity index (χ3n) is 3.42. The highest BCUT2D eigenvalue weighted by Crippen LogP contribution is 2.33. The minimum absolute atomic E-state index is 0.155. The van der Waals surface area contributed by atoms with Crippen molar-refractivity contribution in [1.29, 1.82) is 0 Å². The summed E-state index contributed by atoms with van der Waals surface area (Å²) >= 11 is 3.29. The summed E-state index contributed by atoms with van der Waals surface area (Å²) in [7, 11) is 0. The fraction of sp³-hybridized carbons (Fsp3) is 0.538. The van der Waals surface area contributed by atoms with E-state index in [2.05, 4.69) is 20.8 Å². The summed E-state index contributed by atoms with van der Waals surface area (Å²) in [5.74, 6) is 0. The molecule has 5 nitrogen and oxygen atoms in total. The van der Waals surface area contributed by atoms with Gasteiger partial charge in [0.25, 0.3) is 5.69 Å². The Morgan fingerprint density at radius 2 is 2.16 bits per heavy atom. The Hall–Kier alpha value is -1.14. The number of nitrogens with zero attached hydrogens (tertiary/aromatic N) is 2. The molecule has 0 unspecified atom stereocenters. The van der Waals surface area contributed by atoms with Crippen LogP contribution >= 0.6 is 15.9 Å². The van der Waals surface area contributed by atoms with E-state index in [1.807, 2.05) is 19.1 Å². The molecular weight excluding hydrogens is 312 g/mol. The molecule has 1 heterocycles. The summed E-state index contributed by atoms with van der Waals surface area (Å²) in [5.41, 5.74) is 0.852. The number of hydrogen-bond acceptors (Lipinski definition) is 4. The van der Waals surface area contributed by atoms with Crippen molar-refractivity contribution in [2.24, 2.45) is 0 Å². The number of benzene rings is 1. The average Bonchev–Trinajstić information content (AvgIpc) is 2.42. The predicted molar refractivity (Wildman–Crippen MR) is 77.7 cm³/mol. The van der Waals surface area contributed by atoms with Crippen LogP contribution in [0.3, 0.4) is 0 Å². The Morgan fingerprint density at radius 1 is 1.47 bits per heavy atom. The van der Waals surface area contributed by atoms with Gasteiger partial charge >= 0.3 is 0 Å². The first kappa shape index (κ1) is 14.3. The molecule has 0 bridgehead atoms. The van der Waals surface area contributed by atoms with Crippen molar-refractivity contribution in [3.05, 3.63) is 32.8 Å². The molecule has 1 aromatic carbocycles.